The van der Waals surface area contributed by atoms with E-state index >= 15 is 0 Å². The van der Waals surface area contributed by atoms with Crippen LogP contribution >= 0.6 is 0 Å². The summed E-state index contributed by atoms with van der Waals surface area (Å²) < 4.78 is 0. The molecule has 0 rings (SSSR count). The molecular formula is C13H27O2. The lowest BCUT2D eigenvalue weighted by atomic mass is 10.0. The summed E-state index contributed by atoms with van der Waals surface area (Å²) in [6.45, 7) is 5.62. The molecule has 0 saturated carbocycles. The highest BCUT2D eigenvalue weighted by Gasteiger charge is 2.09. The Morgan fingerprint density at radius 2 is 1.33 bits per heavy atom. The normalized spacial score (nSPS) is 15.2. The molecule has 2 nitrogen and oxygen atoms in total. The largest absolute Gasteiger partial charge is 0.390 e. The Morgan fingerprint density at radius 1 is 0.867 bits per heavy atom. The molecule has 2 N–H and O–H groups in total. The Morgan fingerprint density at radius 3 is 1.80 bits per heavy atom. The van der Waals surface area contributed by atoms with Gasteiger partial charge in [0.1, 0.15) is 0 Å². The number of unbranched alkanes of at least 4 members (excludes halogenated alkanes) is 7. The zero-order valence-corrected chi connectivity index (χ0v) is 10.1. The van der Waals surface area contributed by atoms with Crippen molar-refractivity contribution in [2.75, 3.05) is 0 Å². The molecule has 15 heavy (non-hydrogen) atoms. The maximum atomic E-state index is 9.29. The molecule has 0 amide bonds. The van der Waals surface area contributed by atoms with Crippen molar-refractivity contribution in [2.24, 2.45) is 0 Å². The van der Waals surface area contributed by atoms with E-state index < -0.39 is 12.2 Å². The van der Waals surface area contributed by atoms with Crippen LogP contribution in [0.25, 0.3) is 0 Å². The topological polar surface area (TPSA) is 40.5 Å². The molecule has 0 fully saturated rings. The molecule has 0 aliphatic rings. The third-order valence-electron chi connectivity index (χ3n) is 2.80. The average molecular weight is 215 g/mol. The third-order valence-corrected chi connectivity index (χ3v) is 2.80. The van der Waals surface area contributed by atoms with Crippen LogP contribution in [0.4, 0.5) is 0 Å². The molecule has 91 valence electrons. The van der Waals surface area contributed by atoms with Crippen LogP contribution in [0, 0.1) is 6.92 Å². The Bertz CT molecular complexity index is 124. The lowest BCUT2D eigenvalue weighted by molar-refractivity contribution is 0.0398. The number of rotatable bonds is 10. The van der Waals surface area contributed by atoms with Gasteiger partial charge in [-0.1, -0.05) is 58.3 Å². The minimum absolute atomic E-state index is 0.634. The van der Waals surface area contributed by atoms with Gasteiger partial charge in [0, 0.05) is 0 Å². The molecule has 0 aromatic carbocycles. The molecule has 2 atom stereocenters. The van der Waals surface area contributed by atoms with Crippen molar-refractivity contribution in [3.05, 3.63) is 6.92 Å². The van der Waals surface area contributed by atoms with Gasteiger partial charge in [-0.2, -0.15) is 0 Å². The van der Waals surface area contributed by atoms with Crippen LogP contribution < -0.4 is 0 Å². The van der Waals surface area contributed by atoms with Crippen molar-refractivity contribution in [1.29, 1.82) is 0 Å². The second kappa shape index (κ2) is 10.4. The van der Waals surface area contributed by atoms with E-state index in [1.807, 2.05) is 0 Å². The van der Waals surface area contributed by atoms with Gasteiger partial charge in [0.2, 0.25) is 0 Å². The first-order valence-corrected chi connectivity index (χ1v) is 6.37. The highest BCUT2D eigenvalue weighted by atomic mass is 16.3. The van der Waals surface area contributed by atoms with Crippen LogP contribution in [0.5, 0.6) is 0 Å². The van der Waals surface area contributed by atoms with Gasteiger partial charge in [-0.3, -0.25) is 0 Å². The Hall–Kier alpha value is -0.0800. The van der Waals surface area contributed by atoms with Crippen molar-refractivity contribution in [3.63, 3.8) is 0 Å². The summed E-state index contributed by atoms with van der Waals surface area (Å²) in [7, 11) is 0. The van der Waals surface area contributed by atoms with Crippen LogP contribution in [-0.2, 0) is 0 Å². The van der Waals surface area contributed by atoms with Crippen molar-refractivity contribution in [2.45, 2.75) is 76.9 Å². The Balaban J connectivity index is 3.05. The first-order chi connectivity index (χ1) is 7.18. The highest BCUT2D eigenvalue weighted by Crippen LogP contribution is 2.11. The fraction of sp³-hybridized carbons (Fsp3) is 0.923. The van der Waals surface area contributed by atoms with Crippen molar-refractivity contribution in [1.82, 2.24) is 0 Å². The quantitative estimate of drug-likeness (QED) is 0.550. The van der Waals surface area contributed by atoms with Gasteiger partial charge in [-0.05, 0) is 13.3 Å². The third kappa shape index (κ3) is 10.2. The van der Waals surface area contributed by atoms with Crippen LogP contribution in [0.1, 0.15) is 64.7 Å². The molecule has 0 aromatic heterocycles. The second-order valence-electron chi connectivity index (χ2n) is 4.40. The minimum atomic E-state index is -0.824. The molecule has 0 aromatic rings. The van der Waals surface area contributed by atoms with Gasteiger partial charge in [-0.15, -0.1) is 0 Å². The monoisotopic (exact) mass is 215 g/mol. The van der Waals surface area contributed by atoms with E-state index in [1.165, 1.54) is 38.5 Å². The van der Waals surface area contributed by atoms with E-state index in [4.69, 9.17) is 5.11 Å². The number of aliphatic hydroxyl groups excluding tert-OH is 2. The molecule has 0 aliphatic carbocycles. The van der Waals surface area contributed by atoms with Gasteiger partial charge in [0.25, 0.3) is 0 Å². The lowest BCUT2D eigenvalue weighted by Crippen LogP contribution is -2.22. The average Bonchev–Trinajstić information content (AvgIpc) is 2.21. The maximum Gasteiger partial charge on any atom is 0.0800 e. The van der Waals surface area contributed by atoms with Crippen LogP contribution in [0.2, 0.25) is 0 Å². The van der Waals surface area contributed by atoms with Crippen molar-refractivity contribution in [3.8, 4) is 0 Å². The van der Waals surface area contributed by atoms with E-state index in [-0.39, 0.29) is 0 Å². The van der Waals surface area contributed by atoms with Crippen LogP contribution in [0.15, 0.2) is 0 Å². The fourth-order valence-corrected chi connectivity index (χ4v) is 1.68. The van der Waals surface area contributed by atoms with Gasteiger partial charge in [0.15, 0.2) is 0 Å². The van der Waals surface area contributed by atoms with Crippen LogP contribution in [-0.4, -0.2) is 22.4 Å². The lowest BCUT2D eigenvalue weighted by Gasteiger charge is -2.12. The van der Waals surface area contributed by atoms with E-state index in [0.29, 0.717) is 6.42 Å². The summed E-state index contributed by atoms with van der Waals surface area (Å²) in [6, 6.07) is 0. The molecular weight excluding hydrogens is 188 g/mol. The van der Waals surface area contributed by atoms with Gasteiger partial charge >= 0.3 is 0 Å². The van der Waals surface area contributed by atoms with E-state index in [0.717, 1.165) is 12.8 Å². The van der Waals surface area contributed by atoms with E-state index in [2.05, 4.69) is 13.8 Å². The fourth-order valence-electron chi connectivity index (χ4n) is 1.68. The van der Waals surface area contributed by atoms with Gasteiger partial charge in [0.05, 0.1) is 12.2 Å². The summed E-state index contributed by atoms with van der Waals surface area (Å²) in [5.74, 6) is 0. The molecule has 2 heteroatoms. The predicted octanol–water partition coefficient (Wildman–Crippen LogP) is 3.07. The molecule has 1 radical (unpaired) electrons. The smallest absolute Gasteiger partial charge is 0.0800 e. The highest BCUT2D eigenvalue weighted by molar-refractivity contribution is 4.68. The SMILES string of the molecule is [CH2]C(O)C(O)CCCCCCCCCC. The van der Waals surface area contributed by atoms with E-state index in [1.54, 1.807) is 0 Å². The first-order valence-electron chi connectivity index (χ1n) is 6.37. The molecule has 0 bridgehead atoms. The Labute approximate surface area is 94.7 Å². The Kier molecular flexibility index (Phi) is 10.4. The van der Waals surface area contributed by atoms with E-state index in [9.17, 15) is 5.11 Å². The van der Waals surface area contributed by atoms with Crippen LogP contribution in [0.3, 0.4) is 0 Å². The van der Waals surface area contributed by atoms with Gasteiger partial charge in [-0.25, -0.2) is 0 Å². The summed E-state index contributed by atoms with van der Waals surface area (Å²) in [5.41, 5.74) is 0. The molecule has 0 heterocycles. The van der Waals surface area contributed by atoms with Crippen molar-refractivity contribution < 1.29 is 10.2 Å². The van der Waals surface area contributed by atoms with Gasteiger partial charge < -0.3 is 10.2 Å². The summed E-state index contributed by atoms with van der Waals surface area (Å²) >= 11 is 0. The standard InChI is InChI=1S/C13H27O2/c1-3-4-5-6-7-8-9-10-11-13(15)12(2)14/h12-15H,2-11H2,1H3. The van der Waals surface area contributed by atoms with Crippen molar-refractivity contribution >= 4 is 0 Å². The summed E-state index contributed by atoms with van der Waals surface area (Å²) in [5, 5.41) is 18.2. The second-order valence-corrected chi connectivity index (χ2v) is 4.40. The zero-order valence-electron chi connectivity index (χ0n) is 10.1. The molecule has 0 saturated heterocycles. The number of hydrogen-bond donors (Lipinski definition) is 2. The molecule has 0 aliphatic heterocycles. The zero-order chi connectivity index (χ0) is 11.5. The predicted molar refractivity (Wildman–Crippen MR) is 64.6 cm³/mol. The molecule has 0 spiro atoms. The molecule has 2 unspecified atom stereocenters. The maximum absolute atomic E-state index is 9.29. The number of hydrogen-bond acceptors (Lipinski definition) is 2. The summed E-state index contributed by atoms with van der Waals surface area (Å²) in [4.78, 5) is 0. The minimum Gasteiger partial charge on any atom is -0.390 e. The first kappa shape index (κ1) is 14.9. The summed E-state index contributed by atoms with van der Waals surface area (Å²) in [6.07, 6.45) is 9.30. The number of aliphatic hydroxyl groups is 2.